The molecule has 1 aromatic carbocycles. The van der Waals surface area contributed by atoms with Gasteiger partial charge in [0.15, 0.2) is 0 Å². The molecule has 1 N–H and O–H groups in total. The van der Waals surface area contributed by atoms with Crippen molar-refractivity contribution in [2.24, 2.45) is 17.8 Å². The lowest BCUT2D eigenvalue weighted by molar-refractivity contribution is -0.777. The summed E-state index contributed by atoms with van der Waals surface area (Å²) in [7, 11) is 0. The van der Waals surface area contributed by atoms with Crippen molar-refractivity contribution in [3.05, 3.63) is 58.2 Å². The summed E-state index contributed by atoms with van der Waals surface area (Å²) in [5.41, 5.74) is 0.894. The van der Waals surface area contributed by atoms with Crippen LogP contribution in [-0.2, 0) is 35.1 Å². The molecule has 0 spiro atoms. The van der Waals surface area contributed by atoms with E-state index in [1.165, 1.54) is 19.1 Å². The summed E-state index contributed by atoms with van der Waals surface area (Å²) in [4.78, 5) is 51.4. The van der Waals surface area contributed by atoms with Crippen LogP contribution in [0, 0.1) is 27.9 Å². The van der Waals surface area contributed by atoms with E-state index in [1.807, 2.05) is 30.3 Å². The third-order valence-electron chi connectivity index (χ3n) is 6.25. The van der Waals surface area contributed by atoms with Crippen molar-refractivity contribution in [3.63, 3.8) is 0 Å². The molecule has 204 valence electrons. The van der Waals surface area contributed by atoms with E-state index in [2.05, 4.69) is 28.7 Å². The minimum atomic E-state index is -1.41. The zero-order valence-corrected chi connectivity index (χ0v) is 21.5. The number of carbonyl (C=O) groups excluding carboxylic acids is 3. The Morgan fingerprint density at radius 3 is 2.24 bits per heavy atom. The molecule has 0 aromatic heterocycles. The topological polar surface area (TPSA) is 143 Å². The highest BCUT2D eigenvalue weighted by molar-refractivity contribution is 5.86. The van der Waals surface area contributed by atoms with Gasteiger partial charge in [-0.2, -0.15) is 0 Å². The summed E-state index contributed by atoms with van der Waals surface area (Å²) in [6.07, 6.45) is 4.27. The number of carbonyl (C=O) groups is 3. The van der Waals surface area contributed by atoms with Gasteiger partial charge in [0.25, 0.3) is 5.09 Å². The number of benzene rings is 1. The lowest BCUT2D eigenvalue weighted by atomic mass is 9.76. The molecule has 2 unspecified atom stereocenters. The number of rotatable bonds is 13. The van der Waals surface area contributed by atoms with Crippen LogP contribution in [0.4, 0.5) is 4.79 Å². The molecular weight excluding hydrogens is 484 g/mol. The van der Waals surface area contributed by atoms with Crippen LogP contribution < -0.4 is 5.32 Å². The second-order valence-electron chi connectivity index (χ2n) is 9.28. The van der Waals surface area contributed by atoms with Crippen molar-refractivity contribution in [2.45, 2.75) is 65.2 Å². The van der Waals surface area contributed by atoms with Crippen molar-refractivity contribution in [3.8, 4) is 0 Å². The fourth-order valence-electron chi connectivity index (χ4n) is 4.18. The predicted molar refractivity (Wildman–Crippen MR) is 132 cm³/mol. The van der Waals surface area contributed by atoms with Crippen LogP contribution in [0.5, 0.6) is 0 Å². The van der Waals surface area contributed by atoms with E-state index in [0.29, 0.717) is 18.3 Å². The smallest absolute Gasteiger partial charge is 0.460 e. The number of hydrogen-bond acceptors (Lipinski definition) is 9. The maximum absolute atomic E-state index is 13.0. The molecular formula is C26H36N2O9. The number of ether oxygens (including phenoxy) is 3. The zero-order valence-electron chi connectivity index (χ0n) is 21.5. The van der Waals surface area contributed by atoms with Crippen LogP contribution in [0.3, 0.4) is 0 Å². The highest BCUT2D eigenvalue weighted by Crippen LogP contribution is 2.33. The molecule has 0 saturated heterocycles. The maximum Gasteiger partial charge on any atom is 0.510 e. The zero-order chi connectivity index (χ0) is 27.2. The third-order valence-corrected chi connectivity index (χ3v) is 6.25. The molecule has 0 radical (unpaired) electrons. The first kappa shape index (κ1) is 29.6. The van der Waals surface area contributed by atoms with Crippen LogP contribution in [0.2, 0.25) is 0 Å². The van der Waals surface area contributed by atoms with Gasteiger partial charge in [0.05, 0.1) is 0 Å². The molecule has 11 heteroatoms. The minimum absolute atomic E-state index is 0.0985. The van der Waals surface area contributed by atoms with Crippen LogP contribution in [-0.4, -0.2) is 48.7 Å². The van der Waals surface area contributed by atoms with Crippen molar-refractivity contribution in [1.29, 1.82) is 0 Å². The molecule has 1 aliphatic carbocycles. The van der Waals surface area contributed by atoms with Gasteiger partial charge < -0.3 is 19.5 Å². The third kappa shape index (κ3) is 11.3. The van der Waals surface area contributed by atoms with E-state index >= 15 is 0 Å². The summed E-state index contributed by atoms with van der Waals surface area (Å²) < 4.78 is 14.6. The van der Waals surface area contributed by atoms with E-state index < -0.39 is 29.5 Å². The van der Waals surface area contributed by atoms with Crippen LogP contribution in [0.1, 0.15) is 52.0 Å². The van der Waals surface area contributed by atoms with E-state index in [4.69, 9.17) is 9.47 Å². The Morgan fingerprint density at radius 1 is 1.03 bits per heavy atom. The van der Waals surface area contributed by atoms with Gasteiger partial charge in [-0.15, -0.1) is 10.1 Å². The van der Waals surface area contributed by atoms with E-state index in [9.17, 15) is 24.5 Å². The fraction of sp³-hybridized carbons (Fsp3) is 0.577. The first-order valence-corrected chi connectivity index (χ1v) is 12.5. The Labute approximate surface area is 216 Å². The average Bonchev–Trinajstić information content (AvgIpc) is 2.85. The molecule has 0 bridgehead atoms. The molecule has 11 nitrogen and oxygen atoms in total. The van der Waals surface area contributed by atoms with Gasteiger partial charge >= 0.3 is 12.1 Å². The molecule has 1 amide bonds. The summed E-state index contributed by atoms with van der Waals surface area (Å²) in [6, 6.07) is 8.54. The lowest BCUT2D eigenvalue weighted by Gasteiger charge is -2.31. The second-order valence-corrected chi connectivity index (χ2v) is 9.28. The lowest BCUT2D eigenvalue weighted by Crippen LogP contribution is -2.46. The second kappa shape index (κ2) is 15.5. The maximum atomic E-state index is 13.0. The van der Waals surface area contributed by atoms with E-state index in [1.54, 1.807) is 0 Å². The van der Waals surface area contributed by atoms with Crippen molar-refractivity contribution < 1.29 is 38.5 Å². The number of nitrogens with zero attached hydrogens (tertiary/aromatic N) is 1. The first-order chi connectivity index (χ1) is 17.7. The largest absolute Gasteiger partial charge is 0.510 e. The fourth-order valence-corrected chi connectivity index (χ4v) is 4.18. The number of hydrogen-bond donors (Lipinski definition) is 1. The van der Waals surface area contributed by atoms with E-state index in [-0.39, 0.29) is 25.0 Å². The van der Waals surface area contributed by atoms with Gasteiger partial charge in [-0.05, 0) is 62.2 Å². The Bertz CT molecular complexity index is 912. The van der Waals surface area contributed by atoms with Gasteiger partial charge in [-0.25, -0.2) is 9.59 Å². The van der Waals surface area contributed by atoms with Crippen LogP contribution in [0.25, 0.3) is 0 Å². The predicted octanol–water partition coefficient (Wildman–Crippen LogP) is 3.98. The van der Waals surface area contributed by atoms with Crippen LogP contribution >= 0.6 is 0 Å². The number of amides is 1. The van der Waals surface area contributed by atoms with Gasteiger partial charge in [-0.3, -0.25) is 9.63 Å². The van der Waals surface area contributed by atoms with Gasteiger partial charge in [0.1, 0.15) is 19.3 Å². The molecule has 0 heterocycles. The number of esters is 1. The summed E-state index contributed by atoms with van der Waals surface area (Å²) in [5, 5.41) is 12.0. The molecule has 0 aliphatic heterocycles. The van der Waals surface area contributed by atoms with E-state index in [0.717, 1.165) is 31.2 Å². The summed E-state index contributed by atoms with van der Waals surface area (Å²) >= 11 is 0. The van der Waals surface area contributed by atoms with Crippen molar-refractivity contribution >= 4 is 18.0 Å². The first-order valence-electron chi connectivity index (χ1n) is 12.5. The Kier molecular flexibility index (Phi) is 12.4. The molecule has 1 aliphatic rings. The average molecular weight is 521 g/mol. The van der Waals surface area contributed by atoms with Gasteiger partial charge in [0.2, 0.25) is 12.2 Å². The molecule has 1 saturated carbocycles. The molecule has 2 atom stereocenters. The van der Waals surface area contributed by atoms with Crippen molar-refractivity contribution in [1.82, 2.24) is 5.32 Å². The molecule has 37 heavy (non-hydrogen) atoms. The normalized spacial score (nSPS) is 19.0. The minimum Gasteiger partial charge on any atom is -0.460 e. The quantitative estimate of drug-likeness (QED) is 0.134. The van der Waals surface area contributed by atoms with Gasteiger partial charge in [0, 0.05) is 12.3 Å². The standard InChI is InChI=1S/C26H36N2O9/c1-18(2)21-11-13-22(14-12-21)24(29)27-23(17-20-9-5-4-6-10-20)25(30)34-15-7-8-16-35-26(31)36-19(3)37-28(32)33/h4-10,18-19,21-23H,11-17H2,1-3H3,(H,27,29)/b8-7-. The monoisotopic (exact) mass is 520 g/mol. The summed E-state index contributed by atoms with van der Waals surface area (Å²) in [6.45, 7) is 5.28. The molecule has 1 fully saturated rings. The van der Waals surface area contributed by atoms with Gasteiger partial charge in [-0.1, -0.05) is 44.2 Å². The highest BCUT2D eigenvalue weighted by atomic mass is 17.0. The Morgan fingerprint density at radius 2 is 1.65 bits per heavy atom. The SMILES string of the molecule is CC(OC(=O)OC/C=C\COC(=O)C(Cc1ccccc1)NC(=O)C1CCC(C(C)C)CC1)O[N+](=O)[O-]. The Balaban J connectivity index is 1.83. The highest BCUT2D eigenvalue weighted by Gasteiger charge is 2.31. The van der Waals surface area contributed by atoms with Crippen molar-refractivity contribution in [2.75, 3.05) is 13.2 Å². The molecule has 2 rings (SSSR count). The molecule has 1 aromatic rings. The number of nitrogens with one attached hydrogen (secondary N) is 1. The summed E-state index contributed by atoms with van der Waals surface area (Å²) in [5.74, 6) is 0.419. The van der Waals surface area contributed by atoms with Crippen LogP contribution in [0.15, 0.2) is 42.5 Å². The Hall–Kier alpha value is -3.63.